The number of nitrogens with one attached hydrogen (secondary N) is 2. The van der Waals surface area contributed by atoms with Crippen LogP contribution in [0.2, 0.25) is 0 Å². The maximum absolute atomic E-state index is 12.8. The van der Waals surface area contributed by atoms with Crippen LogP contribution in [0, 0.1) is 0 Å². The molecule has 0 bridgehead atoms. The summed E-state index contributed by atoms with van der Waals surface area (Å²) in [5.41, 5.74) is 3.16. The number of nitrogens with zero attached hydrogens (tertiary/aromatic N) is 2. The van der Waals surface area contributed by atoms with Crippen LogP contribution >= 0.6 is 0 Å². The van der Waals surface area contributed by atoms with Gasteiger partial charge in [-0.2, -0.15) is 0 Å². The first kappa shape index (κ1) is 25.0. The molecule has 0 unspecified atom stereocenters. The van der Waals surface area contributed by atoms with E-state index in [-0.39, 0.29) is 29.2 Å². The lowest BCUT2D eigenvalue weighted by molar-refractivity contribution is -0.114. The molecule has 0 radical (unpaired) electrons. The second-order valence-corrected chi connectivity index (χ2v) is 8.98. The molecule has 2 aromatic carbocycles. The zero-order valence-electron chi connectivity index (χ0n) is 20.4. The number of hydrogen-bond acceptors (Lipinski definition) is 5. The first-order valence-corrected chi connectivity index (χ1v) is 12.3. The third-order valence-electron chi connectivity index (χ3n) is 6.30. The molecule has 3 aromatic rings. The van der Waals surface area contributed by atoms with Crippen LogP contribution in [0.3, 0.4) is 0 Å². The summed E-state index contributed by atoms with van der Waals surface area (Å²) in [6, 6.07) is 17.1. The third-order valence-corrected chi connectivity index (χ3v) is 6.30. The number of imide groups is 1. The molecule has 0 spiro atoms. The highest BCUT2D eigenvalue weighted by atomic mass is 16.2. The minimum atomic E-state index is -0.315. The molecule has 2 heterocycles. The van der Waals surface area contributed by atoms with E-state index in [1.54, 1.807) is 24.3 Å². The number of amides is 3. The van der Waals surface area contributed by atoms with Crippen LogP contribution in [0.15, 0.2) is 59.4 Å². The summed E-state index contributed by atoms with van der Waals surface area (Å²) in [6.07, 6.45) is 5.03. The van der Waals surface area contributed by atoms with Gasteiger partial charge in [0.1, 0.15) is 0 Å². The van der Waals surface area contributed by atoms with Crippen molar-refractivity contribution in [3.63, 3.8) is 0 Å². The van der Waals surface area contributed by atoms with Gasteiger partial charge in [-0.3, -0.25) is 34.4 Å². The van der Waals surface area contributed by atoms with E-state index in [9.17, 15) is 19.2 Å². The fourth-order valence-corrected chi connectivity index (χ4v) is 4.52. The molecule has 186 valence electrons. The summed E-state index contributed by atoms with van der Waals surface area (Å²) in [4.78, 5) is 57.9. The summed E-state index contributed by atoms with van der Waals surface area (Å²) < 4.78 is 0. The highest BCUT2D eigenvalue weighted by Gasteiger charge is 2.34. The summed E-state index contributed by atoms with van der Waals surface area (Å²) >= 11 is 0. The zero-order chi connectivity index (χ0) is 25.5. The maximum Gasteiger partial charge on any atom is 0.261 e. The lowest BCUT2D eigenvalue weighted by Crippen LogP contribution is -2.30. The SMILES string of the molecule is CC(=O)Nc1nc(CCCCN2C(=O)c3ccccc3C2=O)c(CCCCc2ccccc2)c(=O)[nH]1. The van der Waals surface area contributed by atoms with Gasteiger partial charge in [0.25, 0.3) is 17.4 Å². The highest BCUT2D eigenvalue weighted by Crippen LogP contribution is 2.23. The molecule has 36 heavy (non-hydrogen) atoms. The molecule has 3 amide bonds. The molecule has 0 saturated heterocycles. The molecular formula is C28H30N4O4. The Morgan fingerprint density at radius 1 is 0.833 bits per heavy atom. The normalized spacial score (nSPS) is 12.6. The van der Waals surface area contributed by atoms with E-state index in [0.29, 0.717) is 54.6 Å². The van der Waals surface area contributed by atoms with Crippen molar-refractivity contribution in [1.29, 1.82) is 0 Å². The van der Waals surface area contributed by atoms with Crippen molar-refractivity contribution in [2.75, 3.05) is 11.9 Å². The van der Waals surface area contributed by atoms with Crippen molar-refractivity contribution in [2.45, 2.75) is 51.9 Å². The molecule has 4 rings (SSSR count). The topological polar surface area (TPSA) is 112 Å². The number of carbonyl (C=O) groups excluding carboxylic acids is 3. The van der Waals surface area contributed by atoms with Crippen molar-refractivity contribution in [3.8, 4) is 0 Å². The Morgan fingerprint density at radius 3 is 2.11 bits per heavy atom. The van der Waals surface area contributed by atoms with E-state index < -0.39 is 0 Å². The van der Waals surface area contributed by atoms with Gasteiger partial charge in [-0.1, -0.05) is 42.5 Å². The quantitative estimate of drug-likeness (QED) is 0.315. The van der Waals surface area contributed by atoms with Gasteiger partial charge in [-0.25, -0.2) is 4.98 Å². The molecule has 8 nitrogen and oxygen atoms in total. The Morgan fingerprint density at radius 2 is 1.44 bits per heavy atom. The average Bonchev–Trinajstić information content (AvgIpc) is 3.10. The minimum Gasteiger partial charge on any atom is -0.296 e. The maximum atomic E-state index is 12.8. The van der Waals surface area contributed by atoms with E-state index in [2.05, 4.69) is 27.4 Å². The summed E-state index contributed by atoms with van der Waals surface area (Å²) in [5.74, 6) is -0.713. The van der Waals surface area contributed by atoms with E-state index in [1.165, 1.54) is 17.4 Å². The van der Waals surface area contributed by atoms with Crippen molar-refractivity contribution in [1.82, 2.24) is 14.9 Å². The van der Waals surface area contributed by atoms with E-state index in [0.717, 1.165) is 19.3 Å². The number of benzene rings is 2. The standard InChI is InChI=1S/C28H30N4O4/c1-19(33)29-28-30-24(23(25(34)31-28)16-6-5-13-20-11-3-2-4-12-20)17-9-10-18-32-26(35)21-14-7-8-15-22(21)27(32)36/h2-4,7-8,11-12,14-15H,5-6,9-10,13,16-18H2,1H3,(H2,29,30,31,33,34). The van der Waals surface area contributed by atoms with Gasteiger partial charge < -0.3 is 0 Å². The van der Waals surface area contributed by atoms with Crippen LogP contribution in [-0.2, 0) is 24.1 Å². The van der Waals surface area contributed by atoms with Gasteiger partial charge in [0.05, 0.1) is 16.8 Å². The number of carbonyl (C=O) groups is 3. The van der Waals surface area contributed by atoms with Crippen molar-refractivity contribution >= 4 is 23.7 Å². The van der Waals surface area contributed by atoms with Gasteiger partial charge >= 0.3 is 0 Å². The van der Waals surface area contributed by atoms with Gasteiger partial charge in [0.2, 0.25) is 11.9 Å². The number of H-pyrrole nitrogens is 1. The van der Waals surface area contributed by atoms with Gasteiger partial charge in [0.15, 0.2) is 0 Å². The van der Waals surface area contributed by atoms with Crippen molar-refractivity contribution in [3.05, 3.63) is 92.9 Å². The fourth-order valence-electron chi connectivity index (χ4n) is 4.52. The Kier molecular flexibility index (Phi) is 8.05. The molecule has 0 fully saturated rings. The van der Waals surface area contributed by atoms with E-state index >= 15 is 0 Å². The highest BCUT2D eigenvalue weighted by molar-refractivity contribution is 6.21. The molecule has 1 aliphatic rings. The minimum absolute atomic E-state index is 0.135. The molecule has 0 aliphatic carbocycles. The lowest BCUT2D eigenvalue weighted by atomic mass is 10.0. The lowest BCUT2D eigenvalue weighted by Gasteiger charge is -2.14. The predicted molar refractivity (Wildman–Crippen MR) is 137 cm³/mol. The van der Waals surface area contributed by atoms with Gasteiger partial charge in [-0.15, -0.1) is 0 Å². The second kappa shape index (κ2) is 11.6. The second-order valence-electron chi connectivity index (χ2n) is 8.98. The van der Waals surface area contributed by atoms with Crippen LogP contribution in [0.1, 0.15) is 70.1 Å². The molecule has 0 atom stereocenters. The number of aryl methyl sites for hydroxylation is 2. The van der Waals surface area contributed by atoms with Crippen molar-refractivity contribution < 1.29 is 14.4 Å². The Labute approximate surface area is 209 Å². The number of anilines is 1. The van der Waals surface area contributed by atoms with E-state index in [1.807, 2.05) is 18.2 Å². The van der Waals surface area contributed by atoms with Crippen LogP contribution < -0.4 is 10.9 Å². The van der Waals surface area contributed by atoms with E-state index in [4.69, 9.17) is 0 Å². The number of fused-ring (bicyclic) bond motifs is 1. The predicted octanol–water partition coefficient (Wildman–Crippen LogP) is 3.91. The van der Waals surface area contributed by atoms with Crippen LogP contribution in [0.5, 0.6) is 0 Å². The first-order valence-electron chi connectivity index (χ1n) is 12.3. The van der Waals surface area contributed by atoms with Crippen LogP contribution in [0.25, 0.3) is 0 Å². The Balaban J connectivity index is 1.37. The summed E-state index contributed by atoms with van der Waals surface area (Å²) in [6.45, 7) is 1.67. The Hall–Kier alpha value is -4.07. The number of hydrogen-bond donors (Lipinski definition) is 2. The Bertz CT molecular complexity index is 1280. The number of unbranched alkanes of at least 4 members (excludes halogenated alkanes) is 2. The molecule has 2 N–H and O–H groups in total. The zero-order valence-corrected chi connectivity index (χ0v) is 20.4. The number of aromatic amines is 1. The van der Waals surface area contributed by atoms with Gasteiger partial charge in [-0.05, 0) is 62.6 Å². The molecular weight excluding hydrogens is 456 g/mol. The molecule has 1 aliphatic heterocycles. The third kappa shape index (κ3) is 5.94. The van der Waals surface area contributed by atoms with Crippen LogP contribution in [-0.4, -0.2) is 39.1 Å². The largest absolute Gasteiger partial charge is 0.296 e. The summed E-state index contributed by atoms with van der Waals surface area (Å²) in [5, 5.41) is 2.56. The van der Waals surface area contributed by atoms with Gasteiger partial charge in [0, 0.05) is 19.0 Å². The van der Waals surface area contributed by atoms with Crippen molar-refractivity contribution in [2.24, 2.45) is 0 Å². The van der Waals surface area contributed by atoms with Crippen LogP contribution in [0.4, 0.5) is 5.95 Å². The summed E-state index contributed by atoms with van der Waals surface area (Å²) in [7, 11) is 0. The smallest absolute Gasteiger partial charge is 0.261 e. The molecule has 0 saturated carbocycles. The first-order chi connectivity index (χ1) is 17.4. The monoisotopic (exact) mass is 486 g/mol. The molecule has 1 aromatic heterocycles. The molecule has 8 heteroatoms. The fraction of sp³-hybridized carbons (Fsp3) is 0.321. The average molecular weight is 487 g/mol. The number of rotatable bonds is 11. The number of aromatic nitrogens is 2.